The third-order valence-corrected chi connectivity index (χ3v) is 10.7. The van der Waals surface area contributed by atoms with Gasteiger partial charge in [-0.3, -0.25) is 4.79 Å². The maximum atomic E-state index is 11.6. The lowest BCUT2D eigenvalue weighted by molar-refractivity contribution is -0.144. The van der Waals surface area contributed by atoms with Crippen molar-refractivity contribution in [2.75, 3.05) is 6.61 Å². The average Bonchev–Trinajstić information content (AvgIpc) is 3.03. The summed E-state index contributed by atoms with van der Waals surface area (Å²) in [6.45, 7) is 9.33. The van der Waals surface area contributed by atoms with Crippen molar-refractivity contribution in [1.29, 1.82) is 0 Å². The molecule has 1 aliphatic rings. The van der Waals surface area contributed by atoms with E-state index >= 15 is 0 Å². The molecule has 0 aromatic heterocycles. The van der Waals surface area contributed by atoms with Gasteiger partial charge in [-0.25, -0.2) is 0 Å². The summed E-state index contributed by atoms with van der Waals surface area (Å²) in [6, 6.07) is 3.96. The molecule has 0 saturated heterocycles. The largest absolute Gasteiger partial charge is 0.466 e. The van der Waals surface area contributed by atoms with E-state index in [4.69, 9.17) is 4.74 Å². The number of rotatable bonds is 6. The van der Waals surface area contributed by atoms with Crippen LogP contribution in [0.1, 0.15) is 34.1 Å². The smallest absolute Gasteiger partial charge is 0.308 e. The number of hydrogen-bond donors (Lipinski definition) is 0. The molecular weight excluding hydrogens is 204 g/mol. The zero-order chi connectivity index (χ0) is 11.5. The lowest BCUT2D eigenvalue weighted by Gasteiger charge is -2.28. The van der Waals surface area contributed by atoms with E-state index < -0.39 is 8.07 Å². The van der Waals surface area contributed by atoms with E-state index in [-0.39, 0.29) is 11.9 Å². The first-order chi connectivity index (χ1) is 7.15. The quantitative estimate of drug-likeness (QED) is 0.514. The van der Waals surface area contributed by atoms with Crippen LogP contribution in [0.25, 0.3) is 0 Å². The van der Waals surface area contributed by atoms with Gasteiger partial charge in [-0.05, 0) is 18.9 Å². The first-order valence-electron chi connectivity index (χ1n) is 6.31. The molecule has 1 aliphatic carbocycles. The zero-order valence-electron chi connectivity index (χ0n) is 10.5. The standard InChI is InChI=1S/C12H24O2Si/c1-5-14-12(13)10-9-11(10)15(6-2,7-3)8-4/h10-11H,5-9H2,1-4H3. The molecule has 0 radical (unpaired) electrons. The van der Waals surface area contributed by atoms with Gasteiger partial charge in [0.05, 0.1) is 20.6 Å². The monoisotopic (exact) mass is 228 g/mol. The molecule has 88 valence electrons. The Balaban J connectivity index is 2.57. The average molecular weight is 228 g/mol. The van der Waals surface area contributed by atoms with E-state index in [0.717, 1.165) is 12.0 Å². The highest BCUT2D eigenvalue weighted by Gasteiger charge is 2.54. The second kappa shape index (κ2) is 5.15. The minimum Gasteiger partial charge on any atom is -0.466 e. The first-order valence-corrected chi connectivity index (χ1v) is 9.01. The topological polar surface area (TPSA) is 26.3 Å². The number of ether oxygens (including phenoxy) is 1. The molecule has 0 aromatic carbocycles. The number of carbonyl (C=O) groups excluding carboxylic acids is 1. The molecule has 0 N–H and O–H groups in total. The Bertz CT molecular complexity index is 215. The lowest BCUT2D eigenvalue weighted by Crippen LogP contribution is -2.33. The van der Waals surface area contributed by atoms with Gasteiger partial charge in [-0.1, -0.05) is 38.9 Å². The molecule has 15 heavy (non-hydrogen) atoms. The highest BCUT2D eigenvalue weighted by Crippen LogP contribution is 2.56. The third-order valence-electron chi connectivity index (χ3n) is 4.28. The molecule has 0 amide bonds. The maximum absolute atomic E-state index is 11.6. The molecule has 0 aliphatic heterocycles. The summed E-state index contributed by atoms with van der Waals surface area (Å²) in [5, 5.41) is 0. The summed E-state index contributed by atoms with van der Waals surface area (Å²) in [6.07, 6.45) is 1.11. The summed E-state index contributed by atoms with van der Waals surface area (Å²) >= 11 is 0. The summed E-state index contributed by atoms with van der Waals surface area (Å²) in [5.74, 6) is 0.325. The number of esters is 1. The summed E-state index contributed by atoms with van der Waals surface area (Å²) in [5.41, 5.74) is 0.719. The summed E-state index contributed by atoms with van der Waals surface area (Å²) < 4.78 is 5.11. The van der Waals surface area contributed by atoms with Gasteiger partial charge in [0, 0.05) is 0 Å². The summed E-state index contributed by atoms with van der Waals surface area (Å²) in [7, 11) is -1.14. The van der Waals surface area contributed by atoms with Crippen LogP contribution in [0.5, 0.6) is 0 Å². The van der Waals surface area contributed by atoms with E-state index in [1.54, 1.807) is 0 Å². The van der Waals surface area contributed by atoms with Gasteiger partial charge < -0.3 is 4.74 Å². The van der Waals surface area contributed by atoms with Crippen LogP contribution in [0.2, 0.25) is 23.7 Å². The summed E-state index contributed by atoms with van der Waals surface area (Å²) in [4.78, 5) is 11.6. The molecule has 2 unspecified atom stereocenters. The second-order valence-electron chi connectivity index (χ2n) is 4.62. The predicted molar refractivity (Wildman–Crippen MR) is 65.7 cm³/mol. The van der Waals surface area contributed by atoms with Crippen LogP contribution in [-0.2, 0) is 9.53 Å². The van der Waals surface area contributed by atoms with E-state index in [0.29, 0.717) is 6.61 Å². The van der Waals surface area contributed by atoms with Crippen LogP contribution in [0.4, 0.5) is 0 Å². The molecule has 0 bridgehead atoms. The van der Waals surface area contributed by atoms with Gasteiger partial charge >= 0.3 is 5.97 Å². The maximum Gasteiger partial charge on any atom is 0.308 e. The van der Waals surface area contributed by atoms with Crippen LogP contribution in [0.3, 0.4) is 0 Å². The molecule has 2 atom stereocenters. The van der Waals surface area contributed by atoms with Crippen molar-refractivity contribution in [1.82, 2.24) is 0 Å². The normalized spacial score (nSPS) is 25.1. The fraction of sp³-hybridized carbons (Fsp3) is 0.917. The first kappa shape index (κ1) is 12.8. The van der Waals surface area contributed by atoms with Crippen LogP contribution in [-0.4, -0.2) is 20.7 Å². The molecule has 1 saturated carbocycles. The minimum atomic E-state index is -1.14. The van der Waals surface area contributed by atoms with Crippen molar-refractivity contribution in [2.24, 2.45) is 5.92 Å². The van der Waals surface area contributed by atoms with Gasteiger partial charge in [-0.15, -0.1) is 0 Å². The molecular formula is C12H24O2Si. The Morgan fingerprint density at radius 1 is 1.20 bits per heavy atom. The second-order valence-corrected chi connectivity index (χ2v) is 10.2. The SMILES string of the molecule is CCOC(=O)C1CC1[Si](CC)(CC)CC. The Morgan fingerprint density at radius 3 is 2.13 bits per heavy atom. The molecule has 2 nitrogen and oxygen atoms in total. The van der Waals surface area contributed by atoms with Crippen LogP contribution in [0.15, 0.2) is 0 Å². The Hall–Kier alpha value is -0.313. The van der Waals surface area contributed by atoms with Crippen LogP contribution in [0, 0.1) is 5.92 Å². The lowest BCUT2D eigenvalue weighted by atomic mass is 10.4. The fourth-order valence-corrected chi connectivity index (χ4v) is 7.73. The van der Waals surface area contributed by atoms with Crippen molar-refractivity contribution >= 4 is 14.0 Å². The molecule has 0 spiro atoms. The number of hydrogen-bond acceptors (Lipinski definition) is 2. The molecule has 1 rings (SSSR count). The number of carbonyl (C=O) groups is 1. The van der Waals surface area contributed by atoms with Crippen LogP contribution < -0.4 is 0 Å². The van der Waals surface area contributed by atoms with E-state index in [9.17, 15) is 4.79 Å². The minimum absolute atomic E-state index is 0.0646. The Kier molecular flexibility index (Phi) is 4.38. The highest BCUT2D eigenvalue weighted by molar-refractivity contribution is 6.82. The van der Waals surface area contributed by atoms with Crippen molar-refractivity contribution in [3.05, 3.63) is 0 Å². The van der Waals surface area contributed by atoms with Gasteiger partial charge in [-0.2, -0.15) is 0 Å². The van der Waals surface area contributed by atoms with Gasteiger partial charge in [0.15, 0.2) is 0 Å². The predicted octanol–water partition coefficient (Wildman–Crippen LogP) is 3.45. The van der Waals surface area contributed by atoms with Crippen molar-refractivity contribution in [3.8, 4) is 0 Å². The zero-order valence-corrected chi connectivity index (χ0v) is 11.5. The van der Waals surface area contributed by atoms with E-state index in [2.05, 4.69) is 20.8 Å². The van der Waals surface area contributed by atoms with E-state index in [1.165, 1.54) is 18.1 Å². The fourth-order valence-electron chi connectivity index (χ4n) is 2.92. The van der Waals surface area contributed by atoms with Crippen molar-refractivity contribution < 1.29 is 9.53 Å². The molecule has 0 heterocycles. The van der Waals surface area contributed by atoms with Gasteiger partial charge in [0.2, 0.25) is 0 Å². The molecule has 3 heteroatoms. The van der Waals surface area contributed by atoms with Crippen molar-refractivity contribution in [3.63, 3.8) is 0 Å². The van der Waals surface area contributed by atoms with E-state index in [1.807, 2.05) is 6.92 Å². The van der Waals surface area contributed by atoms with Crippen LogP contribution >= 0.6 is 0 Å². The highest BCUT2D eigenvalue weighted by atomic mass is 28.3. The Morgan fingerprint density at radius 2 is 1.73 bits per heavy atom. The van der Waals surface area contributed by atoms with Crippen molar-refractivity contribution in [2.45, 2.75) is 57.8 Å². The van der Waals surface area contributed by atoms with Gasteiger partial charge in [0.1, 0.15) is 0 Å². The molecule has 0 aromatic rings. The third kappa shape index (κ3) is 2.44. The van der Waals surface area contributed by atoms with Gasteiger partial charge in [0.25, 0.3) is 0 Å². The Labute approximate surface area is 94.4 Å². The molecule has 1 fully saturated rings.